The van der Waals surface area contributed by atoms with Gasteiger partial charge in [0.15, 0.2) is 0 Å². The van der Waals surface area contributed by atoms with Crippen LogP contribution < -0.4 is 0 Å². The van der Waals surface area contributed by atoms with E-state index in [1.54, 1.807) is 20.9 Å². The zero-order chi connectivity index (χ0) is 12.3. The van der Waals surface area contributed by atoms with Crippen molar-refractivity contribution in [2.45, 2.75) is 19.4 Å². The maximum atomic E-state index is 11.7. The highest BCUT2D eigenvalue weighted by molar-refractivity contribution is 8.00. The summed E-state index contributed by atoms with van der Waals surface area (Å²) >= 11 is 1.51. The standard InChI is InChI=1S/C10H18N2O3S/c1-10(2,15)6-11(3)8(13)4-12-7-16-5-9(12)14/h15H,4-7H2,1-3H3. The molecule has 0 aliphatic carbocycles. The minimum atomic E-state index is -0.909. The number of likely N-dealkylation sites (N-methyl/N-ethyl adjacent to an activating group) is 1. The number of hydrogen-bond donors (Lipinski definition) is 1. The van der Waals surface area contributed by atoms with Gasteiger partial charge in [-0.3, -0.25) is 9.59 Å². The molecule has 1 N–H and O–H groups in total. The Morgan fingerprint density at radius 2 is 2.25 bits per heavy atom. The molecule has 0 bridgehead atoms. The van der Waals surface area contributed by atoms with Gasteiger partial charge in [-0.25, -0.2) is 0 Å². The zero-order valence-corrected chi connectivity index (χ0v) is 10.7. The second-order valence-corrected chi connectivity index (χ2v) is 5.59. The van der Waals surface area contributed by atoms with Crippen LogP contribution in [0.2, 0.25) is 0 Å². The van der Waals surface area contributed by atoms with E-state index in [2.05, 4.69) is 0 Å². The minimum Gasteiger partial charge on any atom is -0.389 e. The first-order chi connectivity index (χ1) is 7.29. The number of thioether (sulfide) groups is 1. The third-order valence-electron chi connectivity index (χ3n) is 2.20. The third-order valence-corrected chi connectivity index (χ3v) is 3.15. The van der Waals surface area contributed by atoms with Crippen LogP contribution in [0.25, 0.3) is 0 Å². The highest BCUT2D eigenvalue weighted by Gasteiger charge is 2.26. The Balaban J connectivity index is 2.42. The van der Waals surface area contributed by atoms with Gasteiger partial charge in [-0.15, -0.1) is 11.8 Å². The van der Waals surface area contributed by atoms with E-state index in [9.17, 15) is 14.7 Å². The van der Waals surface area contributed by atoms with Crippen LogP contribution >= 0.6 is 11.8 Å². The van der Waals surface area contributed by atoms with Gasteiger partial charge in [0.05, 0.1) is 17.2 Å². The molecule has 0 aromatic carbocycles. The van der Waals surface area contributed by atoms with E-state index in [1.165, 1.54) is 21.6 Å². The minimum absolute atomic E-state index is 0.00927. The molecule has 6 heteroatoms. The molecular formula is C10H18N2O3S. The summed E-state index contributed by atoms with van der Waals surface area (Å²) in [6, 6.07) is 0. The Labute approximate surface area is 99.8 Å². The molecule has 0 spiro atoms. The SMILES string of the molecule is CN(CC(C)(C)O)C(=O)CN1CSCC1=O. The quantitative estimate of drug-likeness (QED) is 0.743. The number of carbonyl (C=O) groups excluding carboxylic acids is 2. The van der Waals surface area contributed by atoms with E-state index in [0.29, 0.717) is 11.6 Å². The Morgan fingerprint density at radius 3 is 2.69 bits per heavy atom. The van der Waals surface area contributed by atoms with Gasteiger partial charge in [0, 0.05) is 13.6 Å². The number of rotatable bonds is 4. The molecule has 1 aliphatic heterocycles. The van der Waals surface area contributed by atoms with Gasteiger partial charge in [0.1, 0.15) is 6.54 Å². The van der Waals surface area contributed by atoms with E-state index in [-0.39, 0.29) is 24.9 Å². The Hall–Kier alpha value is -0.750. The van der Waals surface area contributed by atoms with Crippen LogP contribution in [0.4, 0.5) is 0 Å². The van der Waals surface area contributed by atoms with Crippen LogP contribution in [-0.2, 0) is 9.59 Å². The maximum absolute atomic E-state index is 11.7. The Bertz CT molecular complexity index is 288. The topological polar surface area (TPSA) is 60.9 Å². The summed E-state index contributed by atoms with van der Waals surface area (Å²) in [7, 11) is 1.63. The first kappa shape index (κ1) is 13.3. The molecule has 5 nitrogen and oxygen atoms in total. The summed E-state index contributed by atoms with van der Waals surface area (Å²) in [5.41, 5.74) is -0.909. The molecule has 0 saturated carbocycles. The van der Waals surface area contributed by atoms with Crippen LogP contribution in [0, 0.1) is 0 Å². The van der Waals surface area contributed by atoms with Gasteiger partial charge in [0.2, 0.25) is 11.8 Å². The fourth-order valence-electron chi connectivity index (χ4n) is 1.49. The number of aliphatic hydroxyl groups is 1. The van der Waals surface area contributed by atoms with Crippen molar-refractivity contribution in [1.82, 2.24) is 9.80 Å². The van der Waals surface area contributed by atoms with Crippen molar-refractivity contribution in [2.24, 2.45) is 0 Å². The van der Waals surface area contributed by atoms with Crippen LogP contribution in [0.3, 0.4) is 0 Å². The van der Waals surface area contributed by atoms with E-state index < -0.39 is 5.60 Å². The van der Waals surface area contributed by atoms with Gasteiger partial charge in [-0.2, -0.15) is 0 Å². The van der Waals surface area contributed by atoms with Crippen LogP contribution in [0.1, 0.15) is 13.8 Å². The summed E-state index contributed by atoms with van der Waals surface area (Å²) in [4.78, 5) is 26.0. The molecule has 1 fully saturated rings. The lowest BCUT2D eigenvalue weighted by Gasteiger charge is -2.27. The van der Waals surface area contributed by atoms with Gasteiger partial charge in [-0.05, 0) is 13.8 Å². The normalized spacial score (nSPS) is 16.8. The van der Waals surface area contributed by atoms with Crippen LogP contribution in [-0.4, -0.2) is 64.1 Å². The number of nitrogens with zero attached hydrogens (tertiary/aromatic N) is 2. The highest BCUT2D eigenvalue weighted by atomic mass is 32.2. The maximum Gasteiger partial charge on any atom is 0.242 e. The molecule has 2 amide bonds. The summed E-state index contributed by atoms with van der Waals surface area (Å²) in [6.07, 6.45) is 0. The lowest BCUT2D eigenvalue weighted by molar-refractivity contribution is -0.138. The van der Waals surface area contributed by atoms with E-state index in [0.717, 1.165) is 0 Å². The summed E-state index contributed by atoms with van der Waals surface area (Å²) < 4.78 is 0. The molecule has 1 aliphatic rings. The lowest BCUT2D eigenvalue weighted by Crippen LogP contribution is -2.44. The van der Waals surface area contributed by atoms with Gasteiger partial charge in [0.25, 0.3) is 0 Å². The van der Waals surface area contributed by atoms with Gasteiger partial charge in [-0.1, -0.05) is 0 Å². The average Bonchev–Trinajstić information content (AvgIpc) is 2.49. The van der Waals surface area contributed by atoms with Crippen molar-refractivity contribution in [3.05, 3.63) is 0 Å². The fourth-order valence-corrected chi connectivity index (χ4v) is 2.40. The zero-order valence-electron chi connectivity index (χ0n) is 9.89. The van der Waals surface area contributed by atoms with E-state index >= 15 is 0 Å². The van der Waals surface area contributed by atoms with Crippen molar-refractivity contribution in [1.29, 1.82) is 0 Å². The average molecular weight is 246 g/mol. The predicted octanol–water partition coefficient (Wildman–Crippen LogP) is -0.251. The summed E-state index contributed by atoms with van der Waals surface area (Å²) in [6.45, 7) is 3.67. The van der Waals surface area contributed by atoms with E-state index in [4.69, 9.17) is 0 Å². The molecule has 1 heterocycles. The summed E-state index contributed by atoms with van der Waals surface area (Å²) in [5, 5.41) is 9.57. The lowest BCUT2D eigenvalue weighted by atomic mass is 10.1. The van der Waals surface area contributed by atoms with Gasteiger partial charge < -0.3 is 14.9 Å². The number of hydrogen-bond acceptors (Lipinski definition) is 4. The molecule has 16 heavy (non-hydrogen) atoms. The smallest absolute Gasteiger partial charge is 0.242 e. The molecular weight excluding hydrogens is 228 g/mol. The van der Waals surface area contributed by atoms with Gasteiger partial charge >= 0.3 is 0 Å². The Kier molecular flexibility index (Phi) is 4.21. The molecule has 1 rings (SSSR count). The predicted molar refractivity (Wildman–Crippen MR) is 63.0 cm³/mol. The molecule has 0 radical (unpaired) electrons. The second kappa shape index (κ2) is 5.05. The number of amides is 2. The molecule has 92 valence electrons. The van der Waals surface area contributed by atoms with E-state index in [1.807, 2.05) is 0 Å². The van der Waals surface area contributed by atoms with Crippen LogP contribution in [0.15, 0.2) is 0 Å². The van der Waals surface area contributed by atoms with Crippen molar-refractivity contribution in [2.75, 3.05) is 31.8 Å². The number of carbonyl (C=O) groups is 2. The monoisotopic (exact) mass is 246 g/mol. The van der Waals surface area contributed by atoms with Crippen molar-refractivity contribution in [3.63, 3.8) is 0 Å². The largest absolute Gasteiger partial charge is 0.389 e. The molecule has 1 saturated heterocycles. The fraction of sp³-hybridized carbons (Fsp3) is 0.800. The molecule has 0 aromatic rings. The first-order valence-electron chi connectivity index (χ1n) is 5.11. The van der Waals surface area contributed by atoms with Crippen molar-refractivity contribution < 1.29 is 14.7 Å². The Morgan fingerprint density at radius 1 is 1.62 bits per heavy atom. The summed E-state index contributed by atoms with van der Waals surface area (Å²) in [5.74, 6) is 0.914. The highest BCUT2D eigenvalue weighted by Crippen LogP contribution is 2.14. The first-order valence-corrected chi connectivity index (χ1v) is 6.27. The molecule has 0 aromatic heterocycles. The second-order valence-electron chi connectivity index (χ2n) is 4.63. The third kappa shape index (κ3) is 4.02. The van der Waals surface area contributed by atoms with Crippen molar-refractivity contribution in [3.8, 4) is 0 Å². The molecule has 0 atom stereocenters. The molecule has 0 unspecified atom stereocenters. The van der Waals surface area contributed by atoms with Crippen molar-refractivity contribution >= 4 is 23.6 Å². The van der Waals surface area contributed by atoms with Crippen LogP contribution in [0.5, 0.6) is 0 Å².